The number of amides is 3. The molecule has 3 amide bonds. The molecule has 0 saturated heterocycles. The van der Waals surface area contributed by atoms with E-state index in [4.69, 9.17) is 9.47 Å². The zero-order valence-corrected chi connectivity index (χ0v) is 19.7. The lowest BCUT2D eigenvalue weighted by molar-refractivity contribution is -0.135. The first-order valence-electron chi connectivity index (χ1n) is 11.3. The molecule has 2 aliphatic rings. The lowest BCUT2D eigenvalue weighted by Gasteiger charge is -2.36. The Labute approximate surface area is 190 Å². The van der Waals surface area contributed by atoms with Crippen LogP contribution in [0.1, 0.15) is 50.4 Å². The zero-order valence-electron chi connectivity index (χ0n) is 19.7. The Morgan fingerprint density at radius 3 is 2.56 bits per heavy atom. The smallest absolute Gasteiger partial charge is 0.257 e. The van der Waals surface area contributed by atoms with Crippen LogP contribution >= 0.6 is 0 Å². The van der Waals surface area contributed by atoms with E-state index in [1.54, 1.807) is 37.3 Å². The third-order valence-electron chi connectivity index (χ3n) is 6.25. The topological polar surface area (TPSA) is 88.2 Å². The molecule has 3 atom stereocenters. The molecule has 3 rings (SSSR count). The van der Waals surface area contributed by atoms with Gasteiger partial charge in [-0.1, -0.05) is 6.92 Å². The number of ether oxygens (including phenoxy) is 2. The molecule has 1 aromatic rings. The zero-order chi connectivity index (χ0) is 23.4. The fourth-order valence-electron chi connectivity index (χ4n) is 4.09. The standard InChI is InChI=1S/C24H35N3O5/c1-15-12-27(23(29)10-18-6-7-18)16(2)14-32-21-11-19(25-17(3)28)8-9-20(21)24(30)26(4)13-22(15)31-5/h8-9,11,15-16,18,22H,6-7,10,12-14H2,1-5H3,(H,25,28)/t15-,16-,22+/m0/s1. The molecule has 1 fully saturated rings. The molecular weight excluding hydrogens is 410 g/mol. The molecule has 1 aliphatic heterocycles. The maximum atomic E-state index is 13.2. The summed E-state index contributed by atoms with van der Waals surface area (Å²) in [5.41, 5.74) is 0.962. The van der Waals surface area contributed by atoms with E-state index in [0.717, 1.165) is 12.8 Å². The van der Waals surface area contributed by atoms with Crippen molar-refractivity contribution < 1.29 is 23.9 Å². The molecule has 1 aliphatic carbocycles. The normalized spacial score (nSPS) is 24.7. The summed E-state index contributed by atoms with van der Waals surface area (Å²) in [5, 5.41) is 2.73. The van der Waals surface area contributed by atoms with E-state index in [1.807, 2.05) is 11.8 Å². The van der Waals surface area contributed by atoms with Gasteiger partial charge in [-0.25, -0.2) is 0 Å². The van der Waals surface area contributed by atoms with Gasteiger partial charge >= 0.3 is 0 Å². The van der Waals surface area contributed by atoms with Crippen LogP contribution in [0.3, 0.4) is 0 Å². The van der Waals surface area contributed by atoms with Crippen LogP contribution < -0.4 is 10.1 Å². The van der Waals surface area contributed by atoms with Crippen molar-refractivity contribution in [2.24, 2.45) is 11.8 Å². The van der Waals surface area contributed by atoms with Gasteiger partial charge in [0.15, 0.2) is 0 Å². The van der Waals surface area contributed by atoms with Crippen LogP contribution in [-0.2, 0) is 14.3 Å². The number of fused-ring (bicyclic) bond motifs is 1. The minimum atomic E-state index is -0.213. The fraction of sp³-hybridized carbons (Fsp3) is 0.625. The Balaban J connectivity index is 1.93. The molecule has 0 radical (unpaired) electrons. The molecule has 1 N–H and O–H groups in total. The lowest BCUT2D eigenvalue weighted by Crippen LogP contribution is -2.48. The van der Waals surface area contributed by atoms with Gasteiger partial charge in [-0.2, -0.15) is 0 Å². The first-order valence-corrected chi connectivity index (χ1v) is 11.3. The van der Waals surface area contributed by atoms with Crippen molar-refractivity contribution in [2.45, 2.75) is 52.2 Å². The summed E-state index contributed by atoms with van der Waals surface area (Å²) in [5.74, 6) is 0.676. The van der Waals surface area contributed by atoms with Gasteiger partial charge < -0.3 is 24.6 Å². The molecule has 1 saturated carbocycles. The number of anilines is 1. The maximum absolute atomic E-state index is 13.2. The van der Waals surface area contributed by atoms with Crippen molar-refractivity contribution in [1.29, 1.82) is 0 Å². The van der Waals surface area contributed by atoms with E-state index < -0.39 is 0 Å². The summed E-state index contributed by atoms with van der Waals surface area (Å²) in [4.78, 5) is 41.2. The second kappa shape index (κ2) is 10.3. The number of carbonyl (C=O) groups is 3. The second-order valence-corrected chi connectivity index (χ2v) is 9.18. The molecule has 0 aromatic heterocycles. The fourth-order valence-corrected chi connectivity index (χ4v) is 4.09. The first-order chi connectivity index (χ1) is 15.2. The van der Waals surface area contributed by atoms with E-state index >= 15 is 0 Å². The molecule has 32 heavy (non-hydrogen) atoms. The summed E-state index contributed by atoms with van der Waals surface area (Å²) < 4.78 is 11.8. The highest BCUT2D eigenvalue weighted by Gasteiger charge is 2.33. The van der Waals surface area contributed by atoms with Gasteiger partial charge in [0.05, 0.1) is 17.7 Å². The Hall–Kier alpha value is -2.61. The number of benzene rings is 1. The van der Waals surface area contributed by atoms with Crippen molar-refractivity contribution in [3.8, 4) is 5.75 Å². The molecule has 0 bridgehead atoms. The molecule has 0 unspecified atom stereocenters. The van der Waals surface area contributed by atoms with Crippen LogP contribution in [-0.4, -0.2) is 73.5 Å². The molecule has 8 nitrogen and oxygen atoms in total. The van der Waals surface area contributed by atoms with Crippen molar-refractivity contribution in [3.05, 3.63) is 23.8 Å². The Morgan fingerprint density at radius 1 is 1.22 bits per heavy atom. The number of carbonyl (C=O) groups excluding carboxylic acids is 3. The maximum Gasteiger partial charge on any atom is 0.257 e. The van der Waals surface area contributed by atoms with Crippen LogP contribution in [0.4, 0.5) is 5.69 Å². The number of methoxy groups -OCH3 is 1. The molecule has 1 heterocycles. The summed E-state index contributed by atoms with van der Waals surface area (Å²) in [7, 11) is 3.37. The first kappa shape index (κ1) is 24.0. The Kier molecular flexibility index (Phi) is 7.77. The van der Waals surface area contributed by atoms with Crippen LogP contribution in [0, 0.1) is 11.8 Å². The predicted molar refractivity (Wildman–Crippen MR) is 122 cm³/mol. The number of nitrogens with zero attached hydrogens (tertiary/aromatic N) is 2. The highest BCUT2D eigenvalue weighted by Crippen LogP contribution is 2.33. The highest BCUT2D eigenvalue weighted by atomic mass is 16.5. The van der Waals surface area contributed by atoms with Crippen LogP contribution in [0.2, 0.25) is 0 Å². The van der Waals surface area contributed by atoms with E-state index in [1.165, 1.54) is 6.92 Å². The second-order valence-electron chi connectivity index (χ2n) is 9.18. The number of hydrogen-bond acceptors (Lipinski definition) is 5. The summed E-state index contributed by atoms with van der Waals surface area (Å²) in [6, 6.07) is 4.84. The van der Waals surface area contributed by atoms with Crippen molar-refractivity contribution in [1.82, 2.24) is 9.80 Å². The molecule has 1 aromatic carbocycles. The Morgan fingerprint density at radius 2 is 1.94 bits per heavy atom. The van der Waals surface area contributed by atoms with Crippen molar-refractivity contribution >= 4 is 23.4 Å². The quantitative estimate of drug-likeness (QED) is 0.770. The summed E-state index contributed by atoms with van der Waals surface area (Å²) in [6.07, 6.45) is 2.59. The summed E-state index contributed by atoms with van der Waals surface area (Å²) in [6.45, 7) is 6.62. The number of rotatable bonds is 4. The van der Waals surface area contributed by atoms with Crippen LogP contribution in [0.25, 0.3) is 0 Å². The van der Waals surface area contributed by atoms with Gasteiger partial charge in [0.1, 0.15) is 12.4 Å². The average molecular weight is 446 g/mol. The van der Waals surface area contributed by atoms with Crippen molar-refractivity contribution in [3.63, 3.8) is 0 Å². The Bertz CT molecular complexity index is 854. The third kappa shape index (κ3) is 6.00. The van der Waals surface area contributed by atoms with Gasteiger partial charge in [0.2, 0.25) is 11.8 Å². The third-order valence-corrected chi connectivity index (χ3v) is 6.25. The minimum Gasteiger partial charge on any atom is -0.491 e. The number of likely N-dealkylation sites (N-methyl/N-ethyl adjacent to an activating group) is 1. The average Bonchev–Trinajstić information content (AvgIpc) is 3.56. The SMILES string of the molecule is CO[C@@H]1CN(C)C(=O)c2ccc(NC(C)=O)cc2OC[C@H](C)N(C(=O)CC2CC2)C[C@@H]1C. The van der Waals surface area contributed by atoms with Gasteiger partial charge in [0, 0.05) is 58.3 Å². The van der Waals surface area contributed by atoms with Gasteiger partial charge in [0.25, 0.3) is 5.91 Å². The van der Waals surface area contributed by atoms with Crippen LogP contribution in [0.15, 0.2) is 18.2 Å². The van der Waals surface area contributed by atoms with Gasteiger partial charge in [-0.15, -0.1) is 0 Å². The minimum absolute atomic E-state index is 0.0434. The van der Waals surface area contributed by atoms with E-state index in [2.05, 4.69) is 12.2 Å². The highest BCUT2D eigenvalue weighted by molar-refractivity contribution is 5.98. The van der Waals surface area contributed by atoms with Gasteiger partial charge in [-0.05, 0) is 37.8 Å². The molecule has 0 spiro atoms. The molecular formula is C24H35N3O5. The molecule has 8 heteroatoms. The monoisotopic (exact) mass is 445 g/mol. The van der Waals surface area contributed by atoms with Gasteiger partial charge in [-0.3, -0.25) is 14.4 Å². The molecule has 176 valence electrons. The van der Waals surface area contributed by atoms with E-state index in [0.29, 0.717) is 42.4 Å². The number of nitrogens with one attached hydrogen (secondary N) is 1. The summed E-state index contributed by atoms with van der Waals surface area (Å²) >= 11 is 0. The number of hydrogen-bond donors (Lipinski definition) is 1. The predicted octanol–water partition coefficient (Wildman–Crippen LogP) is 2.78. The van der Waals surface area contributed by atoms with E-state index in [-0.39, 0.29) is 42.4 Å². The van der Waals surface area contributed by atoms with Crippen LogP contribution in [0.5, 0.6) is 5.75 Å². The lowest BCUT2D eigenvalue weighted by atomic mass is 10.0. The van der Waals surface area contributed by atoms with Crippen molar-refractivity contribution in [2.75, 3.05) is 39.2 Å². The largest absolute Gasteiger partial charge is 0.491 e. The van der Waals surface area contributed by atoms with E-state index in [9.17, 15) is 14.4 Å².